The summed E-state index contributed by atoms with van der Waals surface area (Å²) in [6, 6.07) is 4.98. The van der Waals surface area contributed by atoms with Crippen molar-refractivity contribution in [3.8, 4) is 0 Å². The molecular weight excluding hydrogens is 430 g/mol. The Labute approximate surface area is 183 Å². The van der Waals surface area contributed by atoms with E-state index in [1.165, 1.54) is 41.8 Å². The van der Waals surface area contributed by atoms with Gasteiger partial charge in [0.2, 0.25) is 10.0 Å². The molecular formula is C20H30ClN3O3S2. The number of carbonyl (C=O) groups is 1. The lowest BCUT2D eigenvalue weighted by Crippen LogP contribution is -2.39. The number of hydrogen-bond donors (Lipinski definition) is 1. The van der Waals surface area contributed by atoms with Crippen LogP contribution in [0.4, 0.5) is 0 Å². The molecule has 2 aliphatic rings. The number of piperidine rings is 1. The lowest BCUT2D eigenvalue weighted by Gasteiger charge is -2.33. The van der Waals surface area contributed by atoms with Crippen LogP contribution in [0, 0.1) is 0 Å². The summed E-state index contributed by atoms with van der Waals surface area (Å²) in [5.74, 6) is 1.25. The van der Waals surface area contributed by atoms with Gasteiger partial charge in [-0.2, -0.15) is 16.1 Å². The van der Waals surface area contributed by atoms with Crippen molar-refractivity contribution >= 4 is 39.3 Å². The molecule has 6 nitrogen and oxygen atoms in total. The maximum atomic E-state index is 12.9. The Morgan fingerprint density at radius 2 is 2.00 bits per heavy atom. The van der Waals surface area contributed by atoms with Crippen molar-refractivity contribution in [3.63, 3.8) is 0 Å². The van der Waals surface area contributed by atoms with Crippen LogP contribution in [0.5, 0.6) is 0 Å². The number of thioether (sulfide) groups is 1. The molecule has 2 saturated heterocycles. The fourth-order valence-corrected chi connectivity index (χ4v) is 6.65. The van der Waals surface area contributed by atoms with Gasteiger partial charge in [-0.15, -0.1) is 0 Å². The third-order valence-electron chi connectivity index (χ3n) is 5.64. The third-order valence-corrected chi connectivity index (χ3v) is 8.81. The fourth-order valence-electron chi connectivity index (χ4n) is 3.84. The molecule has 2 heterocycles. The van der Waals surface area contributed by atoms with E-state index in [9.17, 15) is 13.2 Å². The zero-order valence-corrected chi connectivity index (χ0v) is 19.3. The summed E-state index contributed by atoms with van der Waals surface area (Å²) in [5, 5.41) is 3.15. The van der Waals surface area contributed by atoms with Gasteiger partial charge in [-0.3, -0.25) is 4.79 Å². The van der Waals surface area contributed by atoms with E-state index < -0.39 is 10.0 Å². The molecule has 0 radical (unpaired) electrons. The monoisotopic (exact) mass is 459 g/mol. The molecule has 0 unspecified atom stereocenters. The summed E-state index contributed by atoms with van der Waals surface area (Å²) < 4.78 is 27.2. The van der Waals surface area contributed by atoms with Gasteiger partial charge in [-0.1, -0.05) is 18.0 Å². The maximum Gasteiger partial charge on any atom is 0.252 e. The number of rotatable bonds is 7. The first-order valence-electron chi connectivity index (χ1n) is 10.3. The van der Waals surface area contributed by atoms with E-state index in [0.717, 1.165) is 31.0 Å². The largest absolute Gasteiger partial charge is 0.352 e. The van der Waals surface area contributed by atoms with Crippen LogP contribution in [0.25, 0.3) is 0 Å². The minimum absolute atomic E-state index is 0.126. The van der Waals surface area contributed by atoms with Crippen LogP contribution in [0.3, 0.4) is 0 Å². The van der Waals surface area contributed by atoms with Crippen molar-refractivity contribution in [2.75, 3.05) is 44.2 Å². The van der Waals surface area contributed by atoms with Crippen LogP contribution in [0.1, 0.15) is 43.0 Å². The molecule has 3 rings (SSSR count). The van der Waals surface area contributed by atoms with Crippen LogP contribution in [-0.4, -0.2) is 73.8 Å². The zero-order valence-electron chi connectivity index (χ0n) is 16.9. The normalized spacial score (nSPS) is 21.8. The maximum absolute atomic E-state index is 12.9. The predicted molar refractivity (Wildman–Crippen MR) is 119 cm³/mol. The first-order valence-corrected chi connectivity index (χ1v) is 13.3. The Morgan fingerprint density at radius 1 is 1.24 bits per heavy atom. The van der Waals surface area contributed by atoms with Gasteiger partial charge in [0, 0.05) is 43.7 Å². The number of benzene rings is 1. The Morgan fingerprint density at radius 3 is 2.72 bits per heavy atom. The highest BCUT2D eigenvalue weighted by atomic mass is 35.5. The topological polar surface area (TPSA) is 69.7 Å². The fraction of sp³-hybridized carbons (Fsp3) is 0.650. The number of halogens is 1. The third kappa shape index (κ3) is 5.88. The highest BCUT2D eigenvalue weighted by Gasteiger charge is 2.27. The number of nitrogens with zero attached hydrogens (tertiary/aromatic N) is 2. The van der Waals surface area contributed by atoms with E-state index in [1.54, 1.807) is 11.8 Å². The highest BCUT2D eigenvalue weighted by Crippen LogP contribution is 2.25. The van der Waals surface area contributed by atoms with Gasteiger partial charge in [0.05, 0.1) is 15.5 Å². The summed E-state index contributed by atoms with van der Waals surface area (Å²) in [7, 11) is -3.61. The minimum Gasteiger partial charge on any atom is -0.352 e. The van der Waals surface area contributed by atoms with Gasteiger partial charge >= 0.3 is 0 Å². The van der Waals surface area contributed by atoms with E-state index >= 15 is 0 Å². The number of amides is 1. The van der Waals surface area contributed by atoms with E-state index in [1.807, 2.05) is 0 Å². The summed E-state index contributed by atoms with van der Waals surface area (Å²) in [4.78, 5) is 15.2. The molecule has 9 heteroatoms. The van der Waals surface area contributed by atoms with E-state index in [2.05, 4.69) is 17.1 Å². The molecule has 1 amide bonds. The lowest BCUT2D eigenvalue weighted by molar-refractivity contribution is 0.0949. The van der Waals surface area contributed by atoms with Crippen molar-refractivity contribution in [1.82, 2.24) is 14.5 Å². The van der Waals surface area contributed by atoms with Crippen LogP contribution < -0.4 is 5.32 Å². The SMILES string of the molecule is C[C@H]1CCCCN1CCCNC(=O)c1cc(S(=O)(=O)N2CCSCC2)ccc1Cl. The van der Waals surface area contributed by atoms with E-state index in [4.69, 9.17) is 11.6 Å². The zero-order chi connectivity index (χ0) is 20.9. The molecule has 0 saturated carbocycles. The Bertz CT molecular complexity index is 813. The Kier molecular flexibility index (Phi) is 8.27. The average molecular weight is 460 g/mol. The van der Waals surface area contributed by atoms with Crippen molar-refractivity contribution in [2.45, 2.75) is 43.5 Å². The molecule has 2 fully saturated rings. The quantitative estimate of drug-likeness (QED) is 0.634. The van der Waals surface area contributed by atoms with Gasteiger partial charge in [0.25, 0.3) is 5.91 Å². The molecule has 0 spiro atoms. The first kappa shape index (κ1) is 22.9. The van der Waals surface area contributed by atoms with Crippen molar-refractivity contribution in [2.24, 2.45) is 0 Å². The molecule has 2 aliphatic heterocycles. The number of likely N-dealkylation sites (tertiary alicyclic amines) is 1. The molecule has 0 aliphatic carbocycles. The second-order valence-corrected chi connectivity index (χ2v) is 11.2. The lowest BCUT2D eigenvalue weighted by atomic mass is 10.0. The molecule has 29 heavy (non-hydrogen) atoms. The highest BCUT2D eigenvalue weighted by molar-refractivity contribution is 7.99. The molecule has 1 atom stereocenters. The molecule has 0 bridgehead atoms. The summed E-state index contributed by atoms with van der Waals surface area (Å²) in [6.07, 6.45) is 4.63. The van der Waals surface area contributed by atoms with Crippen LogP contribution in [-0.2, 0) is 10.0 Å². The smallest absolute Gasteiger partial charge is 0.252 e. The van der Waals surface area contributed by atoms with Crippen molar-refractivity contribution in [1.29, 1.82) is 0 Å². The van der Waals surface area contributed by atoms with Crippen LogP contribution in [0.15, 0.2) is 23.1 Å². The van der Waals surface area contributed by atoms with Gasteiger partial charge in [0.1, 0.15) is 0 Å². The number of hydrogen-bond acceptors (Lipinski definition) is 5. The molecule has 1 N–H and O–H groups in total. The molecule has 1 aromatic rings. The minimum atomic E-state index is -3.61. The molecule has 0 aromatic heterocycles. The Hall–Kier alpha value is -0.800. The molecule has 162 valence electrons. The van der Waals surface area contributed by atoms with Gasteiger partial charge in [0.15, 0.2) is 0 Å². The Balaban J connectivity index is 1.59. The van der Waals surface area contributed by atoms with Crippen LogP contribution >= 0.6 is 23.4 Å². The first-order chi connectivity index (χ1) is 13.9. The summed E-state index contributed by atoms with van der Waals surface area (Å²) in [6.45, 7) is 5.85. The standard InChI is InChI=1S/C20H30ClN3O3S2/c1-16-5-2-3-9-23(16)10-4-8-22-20(25)18-15-17(6-7-19(18)21)29(26,27)24-11-13-28-14-12-24/h6-7,15-16H,2-5,8-14H2,1H3,(H,22,25)/t16-/m0/s1. The second kappa shape index (κ2) is 10.5. The van der Waals surface area contributed by atoms with Crippen molar-refractivity contribution < 1.29 is 13.2 Å². The van der Waals surface area contributed by atoms with E-state index in [0.29, 0.717) is 25.7 Å². The molecule has 1 aromatic carbocycles. The van der Waals surface area contributed by atoms with Gasteiger partial charge in [-0.25, -0.2) is 8.42 Å². The number of carbonyl (C=O) groups excluding carboxylic acids is 1. The predicted octanol–water partition coefficient (Wildman–Crippen LogP) is 3.07. The van der Waals surface area contributed by atoms with E-state index in [-0.39, 0.29) is 21.4 Å². The second-order valence-electron chi connectivity index (χ2n) is 7.65. The van der Waals surface area contributed by atoms with Gasteiger partial charge < -0.3 is 10.2 Å². The summed E-state index contributed by atoms with van der Waals surface area (Å²) in [5.41, 5.74) is 0.213. The van der Waals surface area contributed by atoms with Crippen molar-refractivity contribution in [3.05, 3.63) is 28.8 Å². The van der Waals surface area contributed by atoms with Gasteiger partial charge in [-0.05, 0) is 50.9 Å². The number of nitrogens with one attached hydrogen (secondary N) is 1. The average Bonchev–Trinajstić information content (AvgIpc) is 2.73. The number of sulfonamides is 1. The van der Waals surface area contributed by atoms with Crippen LogP contribution in [0.2, 0.25) is 5.02 Å². The summed E-state index contributed by atoms with van der Waals surface area (Å²) >= 11 is 7.95.